The Morgan fingerprint density at radius 1 is 0.588 bits per heavy atom. The first kappa shape index (κ1) is 17.7. The van der Waals surface area contributed by atoms with Gasteiger partial charge in [-0.2, -0.15) is 0 Å². The Kier molecular flexibility index (Phi) is 3.34. The van der Waals surface area contributed by atoms with Crippen LogP contribution in [0.5, 0.6) is 0 Å². The fourth-order valence-corrected chi connectivity index (χ4v) is 5.46. The van der Waals surface area contributed by atoms with Crippen molar-refractivity contribution in [2.75, 3.05) is 0 Å². The quantitative estimate of drug-likeness (QED) is 0.270. The van der Waals surface area contributed by atoms with Crippen molar-refractivity contribution in [3.63, 3.8) is 0 Å². The molecule has 5 heteroatoms. The van der Waals surface area contributed by atoms with Crippen LogP contribution < -0.4 is 0 Å². The maximum absolute atomic E-state index is 5.02. The molecule has 5 nitrogen and oxygen atoms in total. The molecule has 0 aliphatic carbocycles. The molecule has 5 heterocycles. The van der Waals surface area contributed by atoms with Gasteiger partial charge in [0.2, 0.25) is 0 Å². The molecule has 0 aliphatic heterocycles. The molecule has 0 amide bonds. The van der Waals surface area contributed by atoms with Crippen molar-refractivity contribution >= 4 is 60.3 Å². The van der Waals surface area contributed by atoms with Crippen molar-refractivity contribution in [2.45, 2.75) is 0 Å². The second kappa shape index (κ2) is 6.39. The van der Waals surface area contributed by atoms with E-state index in [-0.39, 0.29) is 0 Å². The van der Waals surface area contributed by atoms with Crippen LogP contribution >= 0.6 is 0 Å². The van der Waals surface area contributed by atoms with Gasteiger partial charge in [-0.05, 0) is 42.5 Å². The van der Waals surface area contributed by atoms with Gasteiger partial charge in [0.1, 0.15) is 11.2 Å². The van der Waals surface area contributed by atoms with Crippen LogP contribution in [0.15, 0.2) is 104 Å². The lowest BCUT2D eigenvalue weighted by Gasteiger charge is -2.13. The SMILES string of the molecule is c1ccc(-n2c3ccccc3c3ccc4c(c5ccncc5n5c6ncccc6nc45)c32)cc1. The number of benzene rings is 3. The molecule has 8 rings (SSSR count). The Morgan fingerprint density at radius 3 is 2.38 bits per heavy atom. The molecule has 34 heavy (non-hydrogen) atoms. The van der Waals surface area contributed by atoms with E-state index in [1.165, 1.54) is 27.2 Å². The topological polar surface area (TPSA) is 48.0 Å². The van der Waals surface area contributed by atoms with Gasteiger partial charge in [-0.25, -0.2) is 9.97 Å². The molecule has 3 aromatic carbocycles. The third-order valence-electron chi connectivity index (χ3n) is 6.82. The first-order valence-corrected chi connectivity index (χ1v) is 11.3. The lowest BCUT2D eigenvalue weighted by Crippen LogP contribution is -1.97. The molecule has 158 valence electrons. The summed E-state index contributed by atoms with van der Waals surface area (Å²) >= 11 is 0. The molecular formula is C29H17N5. The Hall–Kier alpha value is -4.77. The van der Waals surface area contributed by atoms with Crippen LogP contribution in [0.4, 0.5) is 0 Å². The van der Waals surface area contributed by atoms with Crippen LogP contribution in [0.1, 0.15) is 0 Å². The molecule has 0 fully saturated rings. The Bertz CT molecular complexity index is 2070. The van der Waals surface area contributed by atoms with Crippen LogP contribution in [-0.4, -0.2) is 23.9 Å². The third kappa shape index (κ3) is 2.16. The lowest BCUT2D eigenvalue weighted by atomic mass is 10.0. The summed E-state index contributed by atoms with van der Waals surface area (Å²) in [7, 11) is 0. The predicted octanol–water partition coefficient (Wildman–Crippen LogP) is 6.68. The second-order valence-electron chi connectivity index (χ2n) is 8.58. The average molecular weight is 435 g/mol. The van der Waals surface area contributed by atoms with Gasteiger partial charge in [-0.1, -0.05) is 42.5 Å². The van der Waals surface area contributed by atoms with Crippen molar-refractivity contribution in [1.29, 1.82) is 0 Å². The molecule has 0 N–H and O–H groups in total. The number of fused-ring (bicyclic) bond motifs is 12. The molecule has 0 unspecified atom stereocenters. The summed E-state index contributed by atoms with van der Waals surface area (Å²) in [4.78, 5) is 14.2. The monoisotopic (exact) mass is 435 g/mol. The van der Waals surface area contributed by atoms with Gasteiger partial charge in [0, 0.05) is 45.0 Å². The molecule has 0 saturated heterocycles. The fraction of sp³-hybridized carbons (Fsp3) is 0. The van der Waals surface area contributed by atoms with E-state index in [1.807, 2.05) is 30.7 Å². The minimum absolute atomic E-state index is 0.848. The fourth-order valence-electron chi connectivity index (χ4n) is 5.46. The Balaban J connectivity index is 1.73. The van der Waals surface area contributed by atoms with E-state index in [0.29, 0.717) is 0 Å². The molecule has 0 spiro atoms. The summed E-state index contributed by atoms with van der Waals surface area (Å²) < 4.78 is 4.52. The number of hydrogen-bond acceptors (Lipinski definition) is 3. The standard InChI is InChI=1S/C29H17N5/c1-2-7-18(8-3-1)33-24-11-5-4-9-19(24)20-12-13-22-26(27(20)33)21-14-16-30-17-25(21)34-28(22)32-23-10-6-15-31-29(23)34/h1-17H. The summed E-state index contributed by atoms with van der Waals surface area (Å²) in [5.41, 5.74) is 7.14. The highest BCUT2D eigenvalue weighted by atomic mass is 15.1. The largest absolute Gasteiger partial charge is 0.309 e. The van der Waals surface area contributed by atoms with Gasteiger partial charge in [0.05, 0.1) is 22.7 Å². The minimum Gasteiger partial charge on any atom is -0.309 e. The highest BCUT2D eigenvalue weighted by molar-refractivity contribution is 6.27. The maximum atomic E-state index is 5.02. The molecule has 0 aliphatic rings. The molecular weight excluding hydrogens is 418 g/mol. The Labute approximate surface area is 193 Å². The normalized spacial score (nSPS) is 12.1. The first-order valence-electron chi connectivity index (χ1n) is 11.3. The van der Waals surface area contributed by atoms with Gasteiger partial charge in [0.15, 0.2) is 5.65 Å². The second-order valence-corrected chi connectivity index (χ2v) is 8.58. The summed E-state index contributed by atoms with van der Waals surface area (Å²) in [5, 5.41) is 5.87. The number of aromatic nitrogens is 5. The van der Waals surface area contributed by atoms with E-state index in [0.717, 1.165) is 38.8 Å². The van der Waals surface area contributed by atoms with E-state index >= 15 is 0 Å². The van der Waals surface area contributed by atoms with E-state index in [1.54, 1.807) is 0 Å². The van der Waals surface area contributed by atoms with Gasteiger partial charge in [-0.15, -0.1) is 0 Å². The molecule has 0 atom stereocenters. The van der Waals surface area contributed by atoms with Crippen molar-refractivity contribution in [3.05, 3.63) is 104 Å². The van der Waals surface area contributed by atoms with Gasteiger partial charge in [0.25, 0.3) is 0 Å². The number of rotatable bonds is 1. The van der Waals surface area contributed by atoms with Crippen LogP contribution in [0, 0.1) is 0 Å². The number of imidazole rings is 1. The van der Waals surface area contributed by atoms with Gasteiger partial charge in [-0.3, -0.25) is 9.38 Å². The van der Waals surface area contributed by atoms with E-state index in [9.17, 15) is 0 Å². The first-order chi connectivity index (χ1) is 16.9. The van der Waals surface area contributed by atoms with Crippen molar-refractivity contribution < 1.29 is 0 Å². The maximum Gasteiger partial charge on any atom is 0.165 e. The van der Waals surface area contributed by atoms with Gasteiger partial charge < -0.3 is 4.57 Å². The smallest absolute Gasteiger partial charge is 0.165 e. The number of para-hydroxylation sites is 2. The minimum atomic E-state index is 0.848. The van der Waals surface area contributed by atoms with E-state index in [4.69, 9.17) is 4.98 Å². The van der Waals surface area contributed by atoms with Crippen molar-refractivity contribution in [2.24, 2.45) is 0 Å². The van der Waals surface area contributed by atoms with Crippen molar-refractivity contribution in [3.8, 4) is 5.69 Å². The number of hydrogen-bond donors (Lipinski definition) is 0. The molecule has 0 radical (unpaired) electrons. The zero-order valence-electron chi connectivity index (χ0n) is 18.1. The van der Waals surface area contributed by atoms with E-state index < -0.39 is 0 Å². The number of pyridine rings is 3. The summed E-state index contributed by atoms with van der Waals surface area (Å²) in [6, 6.07) is 29.7. The Morgan fingerprint density at radius 2 is 1.44 bits per heavy atom. The van der Waals surface area contributed by atoms with Crippen LogP contribution in [0.2, 0.25) is 0 Å². The predicted molar refractivity (Wildman–Crippen MR) is 138 cm³/mol. The van der Waals surface area contributed by atoms with Crippen LogP contribution in [0.25, 0.3) is 66.0 Å². The highest BCUT2D eigenvalue weighted by Gasteiger charge is 2.20. The lowest BCUT2D eigenvalue weighted by molar-refractivity contribution is 1.18. The number of nitrogens with zero attached hydrogens (tertiary/aromatic N) is 5. The van der Waals surface area contributed by atoms with E-state index in [2.05, 4.69) is 91.7 Å². The third-order valence-corrected chi connectivity index (χ3v) is 6.82. The molecule has 5 aromatic heterocycles. The van der Waals surface area contributed by atoms with Crippen LogP contribution in [0.3, 0.4) is 0 Å². The highest BCUT2D eigenvalue weighted by Crippen LogP contribution is 2.41. The molecule has 8 aromatic rings. The van der Waals surface area contributed by atoms with Crippen molar-refractivity contribution in [1.82, 2.24) is 23.9 Å². The van der Waals surface area contributed by atoms with Crippen LogP contribution in [-0.2, 0) is 0 Å². The molecule has 0 saturated carbocycles. The summed E-state index contributed by atoms with van der Waals surface area (Å²) in [6.45, 7) is 0. The zero-order chi connectivity index (χ0) is 22.2. The zero-order valence-corrected chi connectivity index (χ0v) is 18.1. The summed E-state index contributed by atoms with van der Waals surface area (Å²) in [6.07, 6.45) is 5.61. The average Bonchev–Trinajstić information content (AvgIpc) is 3.46. The molecule has 0 bridgehead atoms. The summed E-state index contributed by atoms with van der Waals surface area (Å²) in [5.74, 6) is 0. The van der Waals surface area contributed by atoms with Gasteiger partial charge >= 0.3 is 0 Å².